The Morgan fingerprint density at radius 3 is 2.89 bits per heavy atom. The Morgan fingerprint density at radius 2 is 2.21 bits per heavy atom. The zero-order valence-corrected chi connectivity index (χ0v) is 10.4. The number of benzene rings is 1. The summed E-state index contributed by atoms with van der Waals surface area (Å²) in [5.41, 5.74) is 4.21. The summed E-state index contributed by atoms with van der Waals surface area (Å²) in [5.74, 6) is 0.926. The molecule has 1 heterocycles. The van der Waals surface area contributed by atoms with Crippen molar-refractivity contribution >= 4 is 11.6 Å². The fourth-order valence-corrected chi connectivity index (χ4v) is 2.35. The van der Waals surface area contributed by atoms with Crippen molar-refractivity contribution in [3.05, 3.63) is 39.4 Å². The number of hydrogen-bond acceptors (Lipinski definition) is 5. The Hall–Kier alpha value is -2.31. The van der Waals surface area contributed by atoms with Crippen molar-refractivity contribution in [1.82, 2.24) is 5.32 Å². The van der Waals surface area contributed by atoms with Crippen LogP contribution in [0.4, 0.5) is 5.69 Å². The number of anilines is 1. The van der Waals surface area contributed by atoms with Crippen LogP contribution in [0.25, 0.3) is 0 Å². The maximum Gasteiger partial charge on any atom is 0.291 e. The standard InChI is InChI=1S/C12H15N3.HNO3/c1-3-9-4-2-6-11(10(9)5-1)15-12-13-7-8-14-12;2-1(3)4/h2,4,6H,1,3,5,7-8H2,(H2,13,14,15);(H,2,3,4). The van der Waals surface area contributed by atoms with Crippen LogP contribution in [0.1, 0.15) is 17.5 Å². The van der Waals surface area contributed by atoms with Crippen LogP contribution in [-0.4, -0.2) is 29.3 Å². The second-order valence-electron chi connectivity index (χ2n) is 4.32. The van der Waals surface area contributed by atoms with E-state index in [9.17, 15) is 0 Å². The highest BCUT2D eigenvalue weighted by Gasteiger charge is 2.15. The molecule has 2 aliphatic rings. The van der Waals surface area contributed by atoms with Crippen LogP contribution in [0.15, 0.2) is 23.2 Å². The van der Waals surface area contributed by atoms with Crippen LogP contribution in [0.2, 0.25) is 0 Å². The summed E-state index contributed by atoms with van der Waals surface area (Å²) in [6, 6.07) is 6.51. The molecule has 1 aliphatic carbocycles. The highest BCUT2D eigenvalue weighted by atomic mass is 16.9. The topological polar surface area (TPSA) is 99.8 Å². The monoisotopic (exact) mass is 264 g/mol. The third kappa shape index (κ3) is 3.57. The van der Waals surface area contributed by atoms with E-state index in [0.29, 0.717) is 0 Å². The third-order valence-corrected chi connectivity index (χ3v) is 3.07. The Kier molecular flexibility index (Phi) is 4.17. The molecule has 3 rings (SSSR count). The maximum atomic E-state index is 8.36. The SMILES string of the molecule is O=[N+]([O-])O.c1cc2c(c(NC3=NCCN3)c1)CCC2. The van der Waals surface area contributed by atoms with Gasteiger partial charge in [0.05, 0.1) is 6.54 Å². The molecule has 102 valence electrons. The second-order valence-corrected chi connectivity index (χ2v) is 4.32. The van der Waals surface area contributed by atoms with Crippen LogP contribution in [0, 0.1) is 10.1 Å². The Labute approximate surface area is 110 Å². The number of guanidine groups is 1. The Morgan fingerprint density at radius 1 is 1.42 bits per heavy atom. The first-order valence-electron chi connectivity index (χ1n) is 6.16. The van der Waals surface area contributed by atoms with E-state index in [1.165, 1.54) is 36.1 Å². The average Bonchev–Trinajstić information content (AvgIpc) is 2.98. The minimum absolute atomic E-state index is 0.886. The molecule has 0 fully saturated rings. The molecule has 0 bridgehead atoms. The van der Waals surface area contributed by atoms with Gasteiger partial charge in [-0.1, -0.05) is 12.1 Å². The molecule has 19 heavy (non-hydrogen) atoms. The lowest BCUT2D eigenvalue weighted by Crippen LogP contribution is -2.26. The second kappa shape index (κ2) is 6.03. The van der Waals surface area contributed by atoms with Crippen LogP contribution in [-0.2, 0) is 12.8 Å². The summed E-state index contributed by atoms with van der Waals surface area (Å²) < 4.78 is 0. The minimum Gasteiger partial charge on any atom is -0.354 e. The number of hydrogen-bond donors (Lipinski definition) is 3. The molecule has 3 N–H and O–H groups in total. The van der Waals surface area contributed by atoms with Crippen molar-refractivity contribution in [3.63, 3.8) is 0 Å². The van der Waals surface area contributed by atoms with Gasteiger partial charge in [0.2, 0.25) is 0 Å². The van der Waals surface area contributed by atoms with Gasteiger partial charge in [-0.15, -0.1) is 10.1 Å². The van der Waals surface area contributed by atoms with E-state index in [1.807, 2.05) is 0 Å². The summed E-state index contributed by atoms with van der Waals surface area (Å²) in [7, 11) is 0. The lowest BCUT2D eigenvalue weighted by atomic mass is 10.1. The maximum absolute atomic E-state index is 8.36. The molecular weight excluding hydrogens is 248 g/mol. The quantitative estimate of drug-likeness (QED) is 0.522. The molecular formula is C12H16N4O3. The Balaban J connectivity index is 0.000000297. The van der Waals surface area contributed by atoms with Crippen LogP contribution >= 0.6 is 0 Å². The number of nitrogens with one attached hydrogen (secondary N) is 2. The van der Waals surface area contributed by atoms with E-state index in [0.717, 1.165) is 19.0 Å². The van der Waals surface area contributed by atoms with Gasteiger partial charge in [0.1, 0.15) is 0 Å². The molecule has 1 aromatic rings. The lowest BCUT2D eigenvalue weighted by Gasteiger charge is -2.11. The average molecular weight is 264 g/mol. The number of fused-ring (bicyclic) bond motifs is 1. The molecule has 0 unspecified atom stereocenters. The normalized spacial score (nSPS) is 15.7. The van der Waals surface area contributed by atoms with E-state index in [2.05, 4.69) is 33.8 Å². The van der Waals surface area contributed by atoms with Gasteiger partial charge in [0, 0.05) is 12.2 Å². The van der Waals surface area contributed by atoms with Gasteiger partial charge < -0.3 is 15.8 Å². The molecule has 7 nitrogen and oxygen atoms in total. The highest BCUT2D eigenvalue weighted by molar-refractivity contribution is 5.95. The molecule has 0 aromatic heterocycles. The van der Waals surface area contributed by atoms with Crippen molar-refractivity contribution in [2.75, 3.05) is 18.4 Å². The van der Waals surface area contributed by atoms with Gasteiger partial charge in [-0.3, -0.25) is 4.99 Å². The van der Waals surface area contributed by atoms with E-state index < -0.39 is 5.09 Å². The largest absolute Gasteiger partial charge is 0.354 e. The molecule has 0 saturated carbocycles. The zero-order chi connectivity index (χ0) is 13.7. The first kappa shape index (κ1) is 13.1. The fourth-order valence-electron chi connectivity index (χ4n) is 2.35. The summed E-state index contributed by atoms with van der Waals surface area (Å²) in [5, 5.41) is 20.3. The van der Waals surface area contributed by atoms with E-state index in [1.54, 1.807) is 0 Å². The van der Waals surface area contributed by atoms with Gasteiger partial charge in [-0.25, -0.2) is 0 Å². The predicted octanol–water partition coefficient (Wildman–Crippen LogP) is 1.20. The lowest BCUT2D eigenvalue weighted by molar-refractivity contribution is -0.742. The smallest absolute Gasteiger partial charge is 0.291 e. The van der Waals surface area contributed by atoms with Crippen LogP contribution in [0.5, 0.6) is 0 Å². The number of aryl methyl sites for hydroxylation is 1. The molecule has 0 amide bonds. The molecule has 1 aromatic carbocycles. The van der Waals surface area contributed by atoms with Gasteiger partial charge in [-0.2, -0.15) is 0 Å². The van der Waals surface area contributed by atoms with Crippen molar-refractivity contribution in [1.29, 1.82) is 0 Å². The number of aliphatic imine (C=N–C) groups is 1. The number of rotatable bonds is 1. The first-order valence-corrected chi connectivity index (χ1v) is 6.16. The van der Waals surface area contributed by atoms with Crippen molar-refractivity contribution in [2.45, 2.75) is 19.3 Å². The van der Waals surface area contributed by atoms with Crippen LogP contribution < -0.4 is 10.6 Å². The van der Waals surface area contributed by atoms with E-state index in [4.69, 9.17) is 15.3 Å². The van der Waals surface area contributed by atoms with Crippen molar-refractivity contribution < 1.29 is 10.3 Å². The Bertz CT molecular complexity index is 498. The molecule has 0 atom stereocenters. The molecule has 7 heteroatoms. The summed E-state index contributed by atoms with van der Waals surface area (Å²) >= 11 is 0. The van der Waals surface area contributed by atoms with Crippen molar-refractivity contribution in [3.8, 4) is 0 Å². The van der Waals surface area contributed by atoms with E-state index in [-0.39, 0.29) is 0 Å². The first-order chi connectivity index (χ1) is 9.16. The van der Waals surface area contributed by atoms with Gasteiger partial charge in [0.25, 0.3) is 5.09 Å². The van der Waals surface area contributed by atoms with E-state index >= 15 is 0 Å². The molecule has 0 spiro atoms. The summed E-state index contributed by atoms with van der Waals surface area (Å²) in [6.07, 6.45) is 3.71. The van der Waals surface area contributed by atoms with Crippen molar-refractivity contribution in [2.24, 2.45) is 4.99 Å². The van der Waals surface area contributed by atoms with Gasteiger partial charge in [0.15, 0.2) is 5.96 Å². The summed E-state index contributed by atoms with van der Waals surface area (Å²) in [6.45, 7) is 1.84. The van der Waals surface area contributed by atoms with Crippen LogP contribution in [0.3, 0.4) is 0 Å². The van der Waals surface area contributed by atoms with Gasteiger partial charge >= 0.3 is 0 Å². The highest BCUT2D eigenvalue weighted by Crippen LogP contribution is 2.28. The minimum atomic E-state index is -1.50. The molecule has 0 radical (unpaired) electrons. The summed E-state index contributed by atoms with van der Waals surface area (Å²) in [4.78, 5) is 12.7. The number of nitrogens with zero attached hydrogens (tertiary/aromatic N) is 2. The predicted molar refractivity (Wildman–Crippen MR) is 71.2 cm³/mol. The zero-order valence-electron chi connectivity index (χ0n) is 10.4. The third-order valence-electron chi connectivity index (χ3n) is 3.07. The fraction of sp³-hybridized carbons (Fsp3) is 0.417. The molecule has 0 saturated heterocycles. The molecule has 1 aliphatic heterocycles. The van der Waals surface area contributed by atoms with Gasteiger partial charge in [-0.05, 0) is 36.5 Å².